The van der Waals surface area contributed by atoms with Crippen molar-refractivity contribution in [3.8, 4) is 0 Å². The number of nitrogens with zero attached hydrogens (tertiary/aromatic N) is 1. The third-order valence-electron chi connectivity index (χ3n) is 2.17. The topological polar surface area (TPSA) is 86.9 Å². The monoisotopic (exact) mass is 246 g/mol. The summed E-state index contributed by atoms with van der Waals surface area (Å²) in [5.74, 6) is 0.0827. The van der Waals surface area contributed by atoms with Crippen LogP contribution in [0.4, 0.5) is 0 Å². The van der Waals surface area contributed by atoms with Gasteiger partial charge in [0.25, 0.3) is 0 Å². The predicted molar refractivity (Wildman–Crippen MR) is 62.5 cm³/mol. The second kappa shape index (κ2) is 5.97. The second-order valence-corrected chi connectivity index (χ2v) is 5.43. The van der Waals surface area contributed by atoms with Gasteiger partial charge in [0.1, 0.15) is 0 Å². The van der Waals surface area contributed by atoms with Crippen LogP contribution in [0.5, 0.6) is 0 Å². The summed E-state index contributed by atoms with van der Waals surface area (Å²) in [6.07, 6.45) is 1.67. The van der Waals surface area contributed by atoms with Gasteiger partial charge in [-0.2, -0.15) is 5.10 Å². The number of sulfonamides is 1. The number of nitrogens with one attached hydrogen (secondary N) is 3. The second-order valence-electron chi connectivity index (χ2n) is 3.50. The highest BCUT2D eigenvalue weighted by atomic mass is 32.2. The van der Waals surface area contributed by atoms with Crippen LogP contribution in [0.3, 0.4) is 0 Å². The Morgan fingerprint density at radius 2 is 2.31 bits per heavy atom. The van der Waals surface area contributed by atoms with Crippen LogP contribution in [0.15, 0.2) is 12.3 Å². The minimum Gasteiger partial charge on any atom is -0.308 e. The maximum atomic E-state index is 11.3. The summed E-state index contributed by atoms with van der Waals surface area (Å²) in [7, 11) is -3.13. The summed E-state index contributed by atoms with van der Waals surface area (Å²) < 4.78 is 25.1. The third kappa shape index (κ3) is 4.30. The minimum absolute atomic E-state index is 0.0688. The van der Waals surface area contributed by atoms with E-state index in [-0.39, 0.29) is 11.8 Å². The first-order valence-corrected chi connectivity index (χ1v) is 6.90. The molecular formula is C9H18N4O2S. The van der Waals surface area contributed by atoms with E-state index in [4.69, 9.17) is 0 Å². The number of aromatic nitrogens is 2. The Morgan fingerprint density at radius 3 is 2.88 bits per heavy atom. The molecule has 3 N–H and O–H groups in total. The van der Waals surface area contributed by atoms with Gasteiger partial charge in [-0.25, -0.2) is 13.1 Å². The van der Waals surface area contributed by atoms with Gasteiger partial charge in [-0.3, -0.25) is 5.10 Å². The molecule has 0 fully saturated rings. The molecule has 0 amide bonds. The molecular weight excluding hydrogens is 228 g/mol. The molecule has 0 aromatic carbocycles. The van der Waals surface area contributed by atoms with Crippen molar-refractivity contribution in [3.63, 3.8) is 0 Å². The summed E-state index contributed by atoms with van der Waals surface area (Å²) >= 11 is 0. The molecule has 0 aliphatic heterocycles. The number of H-pyrrole nitrogens is 1. The van der Waals surface area contributed by atoms with Crippen LogP contribution in [0, 0.1) is 0 Å². The Labute approximate surface area is 95.9 Å². The first-order valence-electron chi connectivity index (χ1n) is 5.25. The van der Waals surface area contributed by atoms with Crippen LogP contribution in [-0.2, 0) is 10.0 Å². The highest BCUT2D eigenvalue weighted by Gasteiger charge is 2.10. The summed E-state index contributed by atoms with van der Waals surface area (Å²) in [5, 5.41) is 9.78. The zero-order chi connectivity index (χ0) is 12.0. The molecule has 1 rings (SSSR count). The van der Waals surface area contributed by atoms with E-state index in [1.54, 1.807) is 13.1 Å². The van der Waals surface area contributed by atoms with E-state index in [1.807, 2.05) is 13.0 Å². The summed E-state index contributed by atoms with van der Waals surface area (Å²) in [4.78, 5) is 0. The van der Waals surface area contributed by atoms with Gasteiger partial charge in [-0.05, 0) is 13.0 Å². The molecule has 92 valence electrons. The number of aromatic amines is 1. The fourth-order valence-corrected chi connectivity index (χ4v) is 2.29. The summed E-state index contributed by atoms with van der Waals surface area (Å²) in [5.41, 5.74) is 0.945. The van der Waals surface area contributed by atoms with E-state index in [9.17, 15) is 8.42 Å². The Hall–Kier alpha value is -0.920. The van der Waals surface area contributed by atoms with E-state index in [1.165, 1.54) is 0 Å². The molecule has 0 aliphatic carbocycles. The zero-order valence-electron chi connectivity index (χ0n) is 9.53. The van der Waals surface area contributed by atoms with E-state index in [0.29, 0.717) is 13.1 Å². The third-order valence-corrected chi connectivity index (χ3v) is 3.64. The SMILES string of the molecule is CCNS(=O)(=O)CCNC(C)c1ccn[nH]1. The quantitative estimate of drug-likeness (QED) is 0.632. The van der Waals surface area contributed by atoms with E-state index >= 15 is 0 Å². The molecule has 1 aromatic rings. The van der Waals surface area contributed by atoms with E-state index < -0.39 is 10.0 Å². The molecule has 1 heterocycles. The fourth-order valence-electron chi connectivity index (χ4n) is 1.32. The van der Waals surface area contributed by atoms with Gasteiger partial charge in [0.2, 0.25) is 10.0 Å². The lowest BCUT2D eigenvalue weighted by Gasteiger charge is -2.11. The lowest BCUT2D eigenvalue weighted by atomic mass is 10.2. The van der Waals surface area contributed by atoms with Gasteiger partial charge in [-0.15, -0.1) is 0 Å². The smallest absolute Gasteiger partial charge is 0.212 e. The van der Waals surface area contributed by atoms with Gasteiger partial charge in [-0.1, -0.05) is 6.92 Å². The van der Waals surface area contributed by atoms with Gasteiger partial charge in [0.05, 0.1) is 11.4 Å². The summed E-state index contributed by atoms with van der Waals surface area (Å²) in [6.45, 7) is 4.56. The number of rotatable bonds is 7. The van der Waals surface area contributed by atoms with Crippen LogP contribution in [-0.4, -0.2) is 37.5 Å². The van der Waals surface area contributed by atoms with Gasteiger partial charge in [0.15, 0.2) is 0 Å². The van der Waals surface area contributed by atoms with Crippen LogP contribution >= 0.6 is 0 Å². The first kappa shape index (κ1) is 13.1. The van der Waals surface area contributed by atoms with Crippen molar-refractivity contribution in [2.75, 3.05) is 18.8 Å². The van der Waals surface area contributed by atoms with Crippen molar-refractivity contribution in [1.29, 1.82) is 0 Å². The average Bonchev–Trinajstić information content (AvgIpc) is 2.69. The van der Waals surface area contributed by atoms with Crippen molar-refractivity contribution in [2.45, 2.75) is 19.9 Å². The molecule has 0 saturated carbocycles. The van der Waals surface area contributed by atoms with Gasteiger partial charge >= 0.3 is 0 Å². The maximum Gasteiger partial charge on any atom is 0.212 e. The lowest BCUT2D eigenvalue weighted by molar-refractivity contribution is 0.558. The first-order chi connectivity index (χ1) is 7.55. The van der Waals surface area contributed by atoms with Crippen LogP contribution < -0.4 is 10.0 Å². The van der Waals surface area contributed by atoms with E-state index in [0.717, 1.165) is 5.69 Å². The van der Waals surface area contributed by atoms with Gasteiger partial charge in [0, 0.05) is 25.3 Å². The van der Waals surface area contributed by atoms with Crippen molar-refractivity contribution >= 4 is 10.0 Å². The highest BCUT2D eigenvalue weighted by Crippen LogP contribution is 2.06. The molecule has 16 heavy (non-hydrogen) atoms. The van der Waals surface area contributed by atoms with Crippen molar-refractivity contribution in [3.05, 3.63) is 18.0 Å². The van der Waals surface area contributed by atoms with Gasteiger partial charge < -0.3 is 5.32 Å². The molecule has 0 spiro atoms. The number of hydrogen-bond acceptors (Lipinski definition) is 4. The molecule has 0 bridgehead atoms. The van der Waals surface area contributed by atoms with Crippen molar-refractivity contribution < 1.29 is 8.42 Å². The minimum atomic E-state index is -3.13. The molecule has 0 saturated heterocycles. The molecule has 1 aromatic heterocycles. The Bertz CT molecular complexity index is 388. The van der Waals surface area contributed by atoms with Crippen molar-refractivity contribution in [1.82, 2.24) is 20.2 Å². The standard InChI is InChI=1S/C9H18N4O2S/c1-3-12-16(14,15)7-6-10-8(2)9-4-5-11-13-9/h4-5,8,10,12H,3,6-7H2,1-2H3,(H,11,13). The predicted octanol–water partition coefficient (Wildman–Crippen LogP) is -0.000400. The Kier molecular flexibility index (Phi) is 4.91. The molecule has 0 radical (unpaired) electrons. The number of hydrogen-bond donors (Lipinski definition) is 3. The molecule has 1 atom stereocenters. The molecule has 0 aliphatic rings. The molecule has 6 nitrogen and oxygen atoms in total. The maximum absolute atomic E-state index is 11.3. The normalized spacial score (nSPS) is 13.9. The van der Waals surface area contributed by atoms with Crippen LogP contribution in [0.1, 0.15) is 25.6 Å². The molecule has 7 heteroatoms. The Balaban J connectivity index is 2.31. The van der Waals surface area contributed by atoms with Crippen LogP contribution in [0.25, 0.3) is 0 Å². The van der Waals surface area contributed by atoms with Crippen LogP contribution in [0.2, 0.25) is 0 Å². The largest absolute Gasteiger partial charge is 0.308 e. The highest BCUT2D eigenvalue weighted by molar-refractivity contribution is 7.89. The van der Waals surface area contributed by atoms with Crippen molar-refractivity contribution in [2.24, 2.45) is 0 Å². The summed E-state index contributed by atoms with van der Waals surface area (Å²) in [6, 6.07) is 1.93. The zero-order valence-corrected chi connectivity index (χ0v) is 10.3. The average molecular weight is 246 g/mol. The molecule has 1 unspecified atom stereocenters. The Morgan fingerprint density at radius 1 is 1.56 bits per heavy atom. The lowest BCUT2D eigenvalue weighted by Crippen LogP contribution is -2.32. The van der Waals surface area contributed by atoms with E-state index in [2.05, 4.69) is 20.2 Å². The fraction of sp³-hybridized carbons (Fsp3) is 0.667.